The second-order valence-electron chi connectivity index (χ2n) is 5.06. The van der Waals surface area contributed by atoms with E-state index in [0.29, 0.717) is 6.04 Å². The first-order valence-corrected chi connectivity index (χ1v) is 8.67. The predicted molar refractivity (Wildman–Crippen MR) is 84.1 cm³/mol. The Labute approximate surface area is 120 Å². The van der Waals surface area contributed by atoms with E-state index in [1.165, 1.54) is 12.0 Å². The van der Waals surface area contributed by atoms with E-state index in [0.717, 1.165) is 36.5 Å². The third-order valence-electron chi connectivity index (χ3n) is 3.34. The van der Waals surface area contributed by atoms with Crippen molar-refractivity contribution < 1.29 is 4.21 Å². The van der Waals surface area contributed by atoms with Gasteiger partial charge < -0.3 is 5.32 Å². The van der Waals surface area contributed by atoms with E-state index >= 15 is 0 Å². The van der Waals surface area contributed by atoms with Crippen LogP contribution in [0.4, 0.5) is 0 Å². The van der Waals surface area contributed by atoms with E-state index in [-0.39, 0.29) is 0 Å². The Bertz CT molecular complexity index is 375. The molecule has 0 heterocycles. The van der Waals surface area contributed by atoms with Crippen molar-refractivity contribution in [3.63, 3.8) is 0 Å². The molecule has 19 heavy (non-hydrogen) atoms. The maximum absolute atomic E-state index is 12.1. The minimum atomic E-state index is -0.844. The fourth-order valence-corrected chi connectivity index (χ4v) is 3.17. The van der Waals surface area contributed by atoms with Crippen molar-refractivity contribution in [1.82, 2.24) is 5.32 Å². The Morgan fingerprint density at radius 2 is 1.89 bits per heavy atom. The third-order valence-corrected chi connectivity index (χ3v) is 4.80. The maximum atomic E-state index is 12.1. The molecule has 0 amide bonds. The lowest BCUT2D eigenvalue weighted by Crippen LogP contribution is -2.29. The molecule has 1 aromatic rings. The normalized spacial score (nSPS) is 14.3. The van der Waals surface area contributed by atoms with Crippen molar-refractivity contribution in [3.05, 3.63) is 29.8 Å². The smallest absolute Gasteiger partial charge is 0.0529 e. The highest BCUT2D eigenvalue weighted by Gasteiger charge is 2.07. The van der Waals surface area contributed by atoms with Crippen LogP contribution in [0.5, 0.6) is 0 Å². The van der Waals surface area contributed by atoms with Crippen molar-refractivity contribution >= 4 is 10.8 Å². The molecule has 0 aliphatic rings. The highest BCUT2D eigenvalue weighted by molar-refractivity contribution is 7.85. The van der Waals surface area contributed by atoms with Crippen LogP contribution in [0.1, 0.15) is 45.1 Å². The Kier molecular flexibility index (Phi) is 7.99. The van der Waals surface area contributed by atoms with Crippen molar-refractivity contribution in [2.75, 3.05) is 12.3 Å². The zero-order valence-corrected chi connectivity index (χ0v) is 13.3. The molecule has 0 spiro atoms. The number of hydrogen-bond acceptors (Lipinski definition) is 2. The molecule has 1 rings (SSSR count). The van der Waals surface area contributed by atoms with Crippen LogP contribution in [-0.4, -0.2) is 22.5 Å². The predicted octanol–water partition coefficient (Wildman–Crippen LogP) is 3.66. The molecule has 108 valence electrons. The lowest BCUT2D eigenvalue weighted by molar-refractivity contribution is 0.464. The summed E-state index contributed by atoms with van der Waals surface area (Å²) in [7, 11) is -0.844. The molecule has 0 aliphatic carbocycles. The van der Waals surface area contributed by atoms with E-state index < -0.39 is 10.8 Å². The number of benzene rings is 1. The largest absolute Gasteiger partial charge is 0.314 e. The monoisotopic (exact) mass is 281 g/mol. The van der Waals surface area contributed by atoms with Crippen molar-refractivity contribution in [1.29, 1.82) is 0 Å². The molecular formula is C16H27NOS. The van der Waals surface area contributed by atoms with E-state index in [1.54, 1.807) is 0 Å². The van der Waals surface area contributed by atoms with Gasteiger partial charge in [-0.1, -0.05) is 31.5 Å². The molecule has 3 heteroatoms. The summed E-state index contributed by atoms with van der Waals surface area (Å²) in [5.41, 5.74) is 1.22. The summed E-state index contributed by atoms with van der Waals surface area (Å²) in [6.07, 6.45) is 4.47. The molecule has 0 aromatic heterocycles. The van der Waals surface area contributed by atoms with Gasteiger partial charge in [0.15, 0.2) is 0 Å². The van der Waals surface area contributed by atoms with Crippen LogP contribution in [0.25, 0.3) is 0 Å². The van der Waals surface area contributed by atoms with Gasteiger partial charge in [-0.3, -0.25) is 4.21 Å². The number of nitrogens with one attached hydrogen (secondary N) is 1. The van der Waals surface area contributed by atoms with Gasteiger partial charge in [0.05, 0.1) is 10.8 Å². The highest BCUT2D eigenvalue weighted by Crippen LogP contribution is 2.11. The second kappa shape index (κ2) is 9.27. The van der Waals surface area contributed by atoms with Crippen LogP contribution in [0.2, 0.25) is 0 Å². The fourth-order valence-electron chi connectivity index (χ4n) is 2.07. The summed E-state index contributed by atoms with van der Waals surface area (Å²) in [5.74, 6) is 0.771. The van der Waals surface area contributed by atoms with Crippen molar-refractivity contribution in [2.24, 2.45) is 0 Å². The lowest BCUT2D eigenvalue weighted by Gasteiger charge is -2.16. The molecule has 0 radical (unpaired) electrons. The van der Waals surface area contributed by atoms with Crippen molar-refractivity contribution in [3.8, 4) is 0 Å². The minimum absolute atomic E-state index is 0.579. The summed E-state index contributed by atoms with van der Waals surface area (Å²) >= 11 is 0. The summed E-state index contributed by atoms with van der Waals surface area (Å²) in [4.78, 5) is 0.958. The Balaban J connectivity index is 2.31. The Morgan fingerprint density at radius 1 is 1.21 bits per heavy atom. The standard InChI is InChI=1S/C16H27NOS/c1-4-12-17-15(5-2)7-6-13-19(18)16-10-8-14(3)9-11-16/h8-11,15,17H,4-7,12-13H2,1-3H3. The topological polar surface area (TPSA) is 29.1 Å². The van der Waals surface area contributed by atoms with Crippen LogP contribution in [-0.2, 0) is 10.8 Å². The molecule has 0 saturated carbocycles. The number of hydrogen-bond donors (Lipinski definition) is 1. The van der Waals surface area contributed by atoms with Crippen molar-refractivity contribution in [2.45, 2.75) is 57.4 Å². The van der Waals surface area contributed by atoms with Gasteiger partial charge in [-0.25, -0.2) is 0 Å². The van der Waals surface area contributed by atoms with Crippen LogP contribution in [0.15, 0.2) is 29.2 Å². The van der Waals surface area contributed by atoms with Gasteiger partial charge in [0.2, 0.25) is 0 Å². The average Bonchev–Trinajstić information content (AvgIpc) is 2.43. The highest BCUT2D eigenvalue weighted by atomic mass is 32.2. The molecule has 2 unspecified atom stereocenters. The van der Waals surface area contributed by atoms with Crippen LogP contribution in [0.3, 0.4) is 0 Å². The van der Waals surface area contributed by atoms with E-state index in [4.69, 9.17) is 0 Å². The molecule has 0 aliphatic heterocycles. The SMILES string of the molecule is CCCNC(CC)CCCS(=O)c1ccc(C)cc1. The van der Waals surface area contributed by atoms with E-state index in [2.05, 4.69) is 26.1 Å². The fraction of sp³-hybridized carbons (Fsp3) is 0.625. The van der Waals surface area contributed by atoms with Gasteiger partial charge >= 0.3 is 0 Å². The molecule has 1 N–H and O–H groups in total. The maximum Gasteiger partial charge on any atom is 0.0529 e. The van der Waals surface area contributed by atoms with Crippen LogP contribution >= 0.6 is 0 Å². The van der Waals surface area contributed by atoms with Crippen LogP contribution in [0, 0.1) is 6.92 Å². The van der Waals surface area contributed by atoms with Gasteiger partial charge in [-0.15, -0.1) is 0 Å². The van der Waals surface area contributed by atoms with Gasteiger partial charge in [-0.05, 0) is 51.3 Å². The Hall–Kier alpha value is -0.670. The first-order chi connectivity index (χ1) is 9.17. The molecule has 1 aromatic carbocycles. The molecule has 0 saturated heterocycles. The molecule has 2 atom stereocenters. The summed E-state index contributed by atoms with van der Waals surface area (Å²) < 4.78 is 12.1. The summed E-state index contributed by atoms with van der Waals surface area (Å²) in [6.45, 7) is 7.54. The number of aryl methyl sites for hydroxylation is 1. The molecular weight excluding hydrogens is 254 g/mol. The van der Waals surface area contributed by atoms with E-state index in [9.17, 15) is 4.21 Å². The first kappa shape index (κ1) is 16.4. The zero-order valence-electron chi connectivity index (χ0n) is 12.4. The summed E-state index contributed by atoms with van der Waals surface area (Å²) in [6, 6.07) is 8.61. The molecule has 0 bridgehead atoms. The quantitative estimate of drug-likeness (QED) is 0.748. The Morgan fingerprint density at radius 3 is 2.47 bits per heavy atom. The first-order valence-electron chi connectivity index (χ1n) is 7.35. The van der Waals surface area contributed by atoms with E-state index in [1.807, 2.05) is 24.3 Å². The average molecular weight is 281 g/mol. The van der Waals surface area contributed by atoms with Gasteiger partial charge in [0.25, 0.3) is 0 Å². The third kappa shape index (κ3) is 6.35. The van der Waals surface area contributed by atoms with Gasteiger partial charge in [0.1, 0.15) is 0 Å². The zero-order chi connectivity index (χ0) is 14.1. The second-order valence-corrected chi connectivity index (χ2v) is 6.63. The molecule has 2 nitrogen and oxygen atoms in total. The lowest BCUT2D eigenvalue weighted by atomic mass is 10.1. The summed E-state index contributed by atoms with van der Waals surface area (Å²) in [5, 5.41) is 3.54. The van der Waals surface area contributed by atoms with Gasteiger partial charge in [0, 0.05) is 16.7 Å². The van der Waals surface area contributed by atoms with Gasteiger partial charge in [-0.2, -0.15) is 0 Å². The minimum Gasteiger partial charge on any atom is -0.314 e. The molecule has 0 fully saturated rings. The number of rotatable bonds is 9. The van der Waals surface area contributed by atoms with Crippen LogP contribution < -0.4 is 5.32 Å².